The smallest absolute Gasteiger partial charge is 0.337 e. The molecule has 6 nitrogen and oxygen atoms in total. The van der Waals surface area contributed by atoms with Gasteiger partial charge in [-0.15, -0.1) is 0 Å². The summed E-state index contributed by atoms with van der Waals surface area (Å²) < 4.78 is 4.77. The molecule has 1 spiro atoms. The van der Waals surface area contributed by atoms with E-state index in [4.69, 9.17) is 16.3 Å². The van der Waals surface area contributed by atoms with Gasteiger partial charge in [-0.1, -0.05) is 48.0 Å². The van der Waals surface area contributed by atoms with Crippen molar-refractivity contribution in [1.29, 1.82) is 0 Å². The number of hydrogen-bond acceptors (Lipinski definition) is 4. The summed E-state index contributed by atoms with van der Waals surface area (Å²) in [6.45, 7) is 0.916. The van der Waals surface area contributed by atoms with Gasteiger partial charge in [-0.3, -0.25) is 9.59 Å². The molecule has 2 amide bonds. The fraction of sp³-hybridized carbons (Fsp3) is 0.250. The Balaban J connectivity index is 1.39. The van der Waals surface area contributed by atoms with E-state index < -0.39 is 11.4 Å². The number of methoxy groups -OCH3 is 1. The van der Waals surface area contributed by atoms with Crippen LogP contribution in [0, 0.1) is 5.41 Å². The van der Waals surface area contributed by atoms with Crippen molar-refractivity contribution in [2.24, 2.45) is 5.41 Å². The highest BCUT2D eigenvalue weighted by Crippen LogP contribution is 2.57. The van der Waals surface area contributed by atoms with E-state index in [1.54, 1.807) is 29.2 Å². The number of hydrogen-bond donors (Lipinski definition) is 0. The molecular formula is C28H25ClN2O4. The Hall–Kier alpha value is -3.64. The van der Waals surface area contributed by atoms with Crippen LogP contribution in [0.2, 0.25) is 5.02 Å². The number of esters is 1. The van der Waals surface area contributed by atoms with Gasteiger partial charge in [0.05, 0.1) is 24.1 Å². The zero-order valence-corrected chi connectivity index (χ0v) is 20.1. The third-order valence-electron chi connectivity index (χ3n) is 7.12. The van der Waals surface area contributed by atoms with E-state index in [1.165, 1.54) is 7.11 Å². The molecule has 0 bridgehead atoms. The number of β-lactam (4-membered cyclic amide) rings is 1. The van der Waals surface area contributed by atoms with Crippen molar-refractivity contribution >= 4 is 35.1 Å². The van der Waals surface area contributed by atoms with E-state index in [1.807, 2.05) is 59.5 Å². The summed E-state index contributed by atoms with van der Waals surface area (Å²) in [5.74, 6) is -0.548. The Morgan fingerprint density at radius 2 is 1.57 bits per heavy atom. The Labute approximate surface area is 209 Å². The van der Waals surface area contributed by atoms with Crippen LogP contribution in [-0.4, -0.2) is 42.9 Å². The summed E-state index contributed by atoms with van der Waals surface area (Å²) in [5, 5.41) is 0.648. The Morgan fingerprint density at radius 3 is 2.23 bits per heavy atom. The van der Waals surface area contributed by atoms with Gasteiger partial charge in [0.25, 0.3) is 5.91 Å². The van der Waals surface area contributed by atoms with Crippen molar-refractivity contribution in [2.75, 3.05) is 25.1 Å². The molecule has 2 aliphatic heterocycles. The number of anilines is 1. The lowest BCUT2D eigenvalue weighted by molar-refractivity contribution is -0.144. The van der Waals surface area contributed by atoms with Gasteiger partial charge in [0.1, 0.15) is 0 Å². The number of carbonyl (C=O) groups excluding carboxylic acids is 3. The lowest BCUT2D eigenvalue weighted by Gasteiger charge is -2.59. The number of rotatable bonds is 4. The van der Waals surface area contributed by atoms with Crippen molar-refractivity contribution in [3.63, 3.8) is 0 Å². The quantitative estimate of drug-likeness (QED) is 0.377. The highest BCUT2D eigenvalue weighted by atomic mass is 35.5. The number of halogens is 1. The number of nitrogens with zero attached hydrogens (tertiary/aromatic N) is 2. The van der Waals surface area contributed by atoms with Gasteiger partial charge in [0.2, 0.25) is 5.91 Å². The molecule has 0 aromatic heterocycles. The second kappa shape index (κ2) is 9.19. The fourth-order valence-electron chi connectivity index (χ4n) is 5.30. The lowest BCUT2D eigenvalue weighted by atomic mass is 9.62. The molecule has 178 valence electrons. The first-order valence-corrected chi connectivity index (χ1v) is 11.9. The van der Waals surface area contributed by atoms with Crippen LogP contribution in [0.15, 0.2) is 78.9 Å². The van der Waals surface area contributed by atoms with Crippen LogP contribution < -0.4 is 4.90 Å². The zero-order chi connectivity index (χ0) is 24.6. The first-order chi connectivity index (χ1) is 16.9. The predicted octanol–water partition coefficient (Wildman–Crippen LogP) is 5.14. The average Bonchev–Trinajstić information content (AvgIpc) is 2.92. The summed E-state index contributed by atoms with van der Waals surface area (Å²) in [6, 6.07) is 23.8. The average molecular weight is 489 g/mol. The third-order valence-corrected chi connectivity index (χ3v) is 7.37. The van der Waals surface area contributed by atoms with Crippen LogP contribution in [0.3, 0.4) is 0 Å². The van der Waals surface area contributed by atoms with Crippen molar-refractivity contribution < 1.29 is 19.1 Å². The molecule has 0 saturated carbocycles. The van der Waals surface area contributed by atoms with E-state index >= 15 is 0 Å². The van der Waals surface area contributed by atoms with Crippen LogP contribution >= 0.6 is 11.6 Å². The van der Waals surface area contributed by atoms with Crippen molar-refractivity contribution in [1.82, 2.24) is 4.90 Å². The monoisotopic (exact) mass is 488 g/mol. The number of ether oxygens (including phenoxy) is 1. The Morgan fingerprint density at radius 1 is 0.914 bits per heavy atom. The van der Waals surface area contributed by atoms with Crippen LogP contribution in [0.4, 0.5) is 5.69 Å². The van der Waals surface area contributed by atoms with Gasteiger partial charge >= 0.3 is 5.97 Å². The van der Waals surface area contributed by atoms with Gasteiger partial charge < -0.3 is 14.5 Å². The molecule has 35 heavy (non-hydrogen) atoms. The van der Waals surface area contributed by atoms with E-state index in [-0.39, 0.29) is 17.9 Å². The highest BCUT2D eigenvalue weighted by Gasteiger charge is 2.62. The van der Waals surface area contributed by atoms with Gasteiger partial charge in [0.15, 0.2) is 0 Å². The van der Waals surface area contributed by atoms with Gasteiger partial charge in [-0.25, -0.2) is 4.79 Å². The number of benzene rings is 3. The van der Waals surface area contributed by atoms with Gasteiger partial charge in [0, 0.05) is 29.4 Å². The summed E-state index contributed by atoms with van der Waals surface area (Å²) in [4.78, 5) is 42.3. The van der Waals surface area contributed by atoms with Crippen molar-refractivity contribution in [3.8, 4) is 0 Å². The highest BCUT2D eigenvalue weighted by molar-refractivity contribution is 6.30. The molecule has 7 heteroatoms. The number of para-hydroxylation sites is 1. The minimum Gasteiger partial charge on any atom is -0.465 e. The molecule has 2 aliphatic rings. The second-order valence-electron chi connectivity index (χ2n) is 8.99. The van der Waals surface area contributed by atoms with Gasteiger partial charge in [-0.05, 0) is 60.9 Å². The number of carbonyl (C=O) groups is 3. The van der Waals surface area contributed by atoms with Crippen LogP contribution in [0.1, 0.15) is 45.2 Å². The minimum atomic E-state index is -0.575. The van der Waals surface area contributed by atoms with Crippen LogP contribution in [0.25, 0.3) is 0 Å². The summed E-state index contributed by atoms with van der Waals surface area (Å²) >= 11 is 6.14. The molecule has 2 saturated heterocycles. The number of likely N-dealkylation sites (tertiary alicyclic amines) is 1. The van der Waals surface area contributed by atoms with Crippen LogP contribution in [0.5, 0.6) is 0 Å². The van der Waals surface area contributed by atoms with E-state index in [9.17, 15) is 14.4 Å². The first-order valence-electron chi connectivity index (χ1n) is 11.6. The standard InChI is InChI=1S/C28H25ClN2O4/c1-35-26(33)21-7-5-6-20(18-21)25(32)30-16-14-28(15-17-30)24(19-10-12-22(29)13-11-19)31(27(28)34)23-8-3-2-4-9-23/h2-13,18,24H,14-17H2,1H3. The molecule has 2 heterocycles. The molecule has 3 aromatic rings. The van der Waals surface area contributed by atoms with Crippen molar-refractivity contribution in [3.05, 3.63) is 101 Å². The molecule has 3 aromatic carbocycles. The molecule has 1 unspecified atom stereocenters. The van der Waals surface area contributed by atoms with Crippen molar-refractivity contribution in [2.45, 2.75) is 18.9 Å². The normalized spacial score (nSPS) is 18.8. The molecule has 0 radical (unpaired) electrons. The Bertz CT molecular complexity index is 1270. The second-order valence-corrected chi connectivity index (χ2v) is 9.42. The molecule has 1 atom stereocenters. The maximum absolute atomic E-state index is 13.6. The largest absolute Gasteiger partial charge is 0.465 e. The summed E-state index contributed by atoms with van der Waals surface area (Å²) in [5.41, 5.74) is 2.09. The van der Waals surface area contributed by atoms with E-state index in [2.05, 4.69) is 0 Å². The number of amides is 2. The third kappa shape index (κ3) is 3.98. The maximum Gasteiger partial charge on any atom is 0.337 e. The zero-order valence-electron chi connectivity index (χ0n) is 19.3. The topological polar surface area (TPSA) is 66.9 Å². The van der Waals surface area contributed by atoms with Gasteiger partial charge in [-0.2, -0.15) is 0 Å². The molecular weight excluding hydrogens is 464 g/mol. The lowest BCUT2D eigenvalue weighted by Crippen LogP contribution is -2.67. The molecule has 0 aliphatic carbocycles. The maximum atomic E-state index is 13.6. The molecule has 5 rings (SSSR count). The molecule has 0 N–H and O–H groups in total. The SMILES string of the molecule is COC(=O)c1cccc(C(=O)N2CCC3(CC2)C(=O)N(c2ccccc2)C3c2ccc(Cl)cc2)c1. The predicted molar refractivity (Wildman–Crippen MR) is 133 cm³/mol. The van der Waals surface area contributed by atoms with E-state index in [0.29, 0.717) is 42.1 Å². The molecule has 2 fully saturated rings. The summed E-state index contributed by atoms with van der Waals surface area (Å²) in [7, 11) is 1.31. The fourth-order valence-corrected chi connectivity index (χ4v) is 5.42. The minimum absolute atomic E-state index is 0.0865. The van der Waals surface area contributed by atoms with Crippen LogP contribution in [-0.2, 0) is 9.53 Å². The number of piperidine rings is 1. The Kier molecular flexibility index (Phi) is 6.07. The van der Waals surface area contributed by atoms with E-state index in [0.717, 1.165) is 11.3 Å². The summed E-state index contributed by atoms with van der Waals surface area (Å²) in [6.07, 6.45) is 1.12. The first kappa shape index (κ1) is 23.1.